The molecule has 0 aromatic rings. The van der Waals surface area contributed by atoms with E-state index in [0.29, 0.717) is 164 Å². The molecule has 16 heteroatoms. The third-order valence-electron chi connectivity index (χ3n) is 5.49. The first kappa shape index (κ1) is 44.7. The number of carbonyl (C=O) groups excluding carboxylic acids is 1. The van der Waals surface area contributed by atoms with Crippen LogP contribution in [0.25, 0.3) is 0 Å². The Labute approximate surface area is 278 Å². The largest absolute Gasteiger partial charge is 0.379 e. The molecule has 0 aromatic carbocycles. The Hall–Kier alpha value is -0.310. The maximum atomic E-state index is 10.6. The van der Waals surface area contributed by atoms with Gasteiger partial charge in [-0.15, -0.1) is 11.7 Å². The van der Waals surface area contributed by atoms with Crippen LogP contribution in [-0.2, 0) is 61.6 Å². The molecular formula is C29H59NO13S2. The maximum Gasteiger partial charge on any atom is 0.219 e. The van der Waals surface area contributed by atoms with Crippen LogP contribution in [0.5, 0.6) is 0 Å². The molecule has 0 aliphatic heterocycles. The van der Waals surface area contributed by atoms with E-state index >= 15 is 0 Å². The van der Waals surface area contributed by atoms with E-state index in [2.05, 4.69) is 18.6 Å². The number of thiol groups is 1. The Morgan fingerprint density at radius 1 is 0.467 bits per heavy atom. The van der Waals surface area contributed by atoms with Crippen LogP contribution in [0.2, 0.25) is 0 Å². The highest BCUT2D eigenvalue weighted by Crippen LogP contribution is 2.17. The van der Waals surface area contributed by atoms with Crippen LogP contribution in [-0.4, -0.2) is 170 Å². The molecule has 1 amide bonds. The number of rotatable bonds is 40. The summed E-state index contributed by atoms with van der Waals surface area (Å²) in [4.78, 5) is 10.6. The van der Waals surface area contributed by atoms with Gasteiger partial charge in [0.15, 0.2) is 0 Å². The Morgan fingerprint density at radius 3 is 0.889 bits per heavy atom. The van der Waals surface area contributed by atoms with Gasteiger partial charge < -0.3 is 62.6 Å². The van der Waals surface area contributed by atoms with Crippen molar-refractivity contribution in [2.24, 2.45) is 5.73 Å². The van der Waals surface area contributed by atoms with Crippen LogP contribution in [0, 0.1) is 0 Å². The molecule has 0 fully saturated rings. The normalized spacial score (nSPS) is 12.2. The quantitative estimate of drug-likeness (QED) is 0.0540. The third-order valence-corrected chi connectivity index (χ3v) is 7.16. The SMILES string of the molecule is CCC(COCCOCCOCCOCCOCCOCCOCCOCCOCCOCCOCCOCCC(N)=O)SS. The fourth-order valence-corrected chi connectivity index (χ4v) is 3.97. The van der Waals surface area contributed by atoms with Crippen molar-refractivity contribution in [3.8, 4) is 0 Å². The van der Waals surface area contributed by atoms with Crippen molar-refractivity contribution < 1.29 is 61.6 Å². The van der Waals surface area contributed by atoms with E-state index < -0.39 is 0 Å². The fraction of sp³-hybridized carbons (Fsp3) is 0.966. The van der Waals surface area contributed by atoms with Crippen LogP contribution in [0.15, 0.2) is 0 Å². The van der Waals surface area contributed by atoms with Crippen molar-refractivity contribution >= 4 is 28.4 Å². The Morgan fingerprint density at radius 2 is 0.689 bits per heavy atom. The minimum Gasteiger partial charge on any atom is -0.379 e. The first-order valence-corrected chi connectivity index (χ1v) is 17.6. The van der Waals surface area contributed by atoms with Gasteiger partial charge in [-0.05, 0) is 6.42 Å². The minimum atomic E-state index is -0.374. The Kier molecular flexibility index (Phi) is 39.6. The average molecular weight is 694 g/mol. The van der Waals surface area contributed by atoms with Crippen LogP contribution in [0.4, 0.5) is 0 Å². The summed E-state index contributed by atoms with van der Waals surface area (Å²) in [7, 11) is 1.53. The van der Waals surface area contributed by atoms with E-state index in [1.807, 2.05) is 0 Å². The molecule has 270 valence electrons. The summed E-state index contributed by atoms with van der Waals surface area (Å²) in [5, 5.41) is 0.426. The Bertz CT molecular complexity index is 584. The van der Waals surface area contributed by atoms with Crippen molar-refractivity contribution in [1.82, 2.24) is 0 Å². The third kappa shape index (κ3) is 39.8. The molecule has 0 spiro atoms. The smallest absolute Gasteiger partial charge is 0.219 e. The van der Waals surface area contributed by atoms with Crippen LogP contribution in [0.3, 0.4) is 0 Å². The van der Waals surface area contributed by atoms with E-state index in [-0.39, 0.29) is 12.3 Å². The predicted octanol–water partition coefficient (Wildman–Crippen LogP) is 1.42. The zero-order chi connectivity index (χ0) is 32.7. The van der Waals surface area contributed by atoms with Crippen LogP contribution < -0.4 is 5.73 Å². The van der Waals surface area contributed by atoms with Gasteiger partial charge in [0.1, 0.15) is 0 Å². The van der Waals surface area contributed by atoms with Gasteiger partial charge in [0.25, 0.3) is 0 Å². The highest BCUT2D eigenvalue weighted by atomic mass is 33.1. The lowest BCUT2D eigenvalue weighted by molar-refractivity contribution is -0.119. The molecule has 2 N–H and O–H groups in total. The highest BCUT2D eigenvalue weighted by Gasteiger charge is 2.04. The average Bonchev–Trinajstić information content (AvgIpc) is 3.04. The summed E-state index contributed by atoms with van der Waals surface area (Å²) in [5.74, 6) is -0.374. The second-order valence-corrected chi connectivity index (χ2v) is 10.7. The number of hydrogen-bond donors (Lipinski definition) is 2. The zero-order valence-corrected chi connectivity index (χ0v) is 28.9. The molecule has 45 heavy (non-hydrogen) atoms. The summed E-state index contributed by atoms with van der Waals surface area (Å²) in [5.41, 5.74) is 5.02. The molecule has 14 nitrogen and oxygen atoms in total. The lowest BCUT2D eigenvalue weighted by Crippen LogP contribution is -2.16. The fourth-order valence-electron chi connectivity index (χ4n) is 3.03. The van der Waals surface area contributed by atoms with Crippen molar-refractivity contribution in [3.05, 3.63) is 0 Å². The summed E-state index contributed by atoms with van der Waals surface area (Å²) in [6, 6.07) is 0. The number of nitrogens with two attached hydrogens (primary N) is 1. The molecular weight excluding hydrogens is 634 g/mol. The van der Waals surface area contributed by atoms with Gasteiger partial charge in [-0.1, -0.05) is 17.7 Å². The molecule has 0 rings (SSSR count). The second kappa shape index (κ2) is 39.9. The van der Waals surface area contributed by atoms with Crippen molar-refractivity contribution in [3.63, 3.8) is 0 Å². The van der Waals surface area contributed by atoms with Gasteiger partial charge in [-0.25, -0.2) is 0 Å². The van der Waals surface area contributed by atoms with E-state index in [4.69, 9.17) is 62.6 Å². The van der Waals surface area contributed by atoms with Crippen molar-refractivity contribution in [1.29, 1.82) is 0 Å². The molecule has 0 aromatic heterocycles. The summed E-state index contributed by atoms with van der Waals surface area (Å²) < 4.78 is 65.2. The molecule has 0 saturated carbocycles. The molecule has 0 heterocycles. The maximum absolute atomic E-state index is 10.6. The summed E-state index contributed by atoms with van der Waals surface area (Å²) in [6.45, 7) is 14.2. The number of amides is 1. The summed E-state index contributed by atoms with van der Waals surface area (Å²) >= 11 is 4.22. The molecule has 0 bridgehead atoms. The van der Waals surface area contributed by atoms with Crippen LogP contribution in [0.1, 0.15) is 19.8 Å². The molecule has 0 saturated heterocycles. The zero-order valence-electron chi connectivity index (χ0n) is 27.2. The summed E-state index contributed by atoms with van der Waals surface area (Å²) in [6.07, 6.45) is 1.26. The van der Waals surface area contributed by atoms with Gasteiger partial charge in [-0.3, -0.25) is 4.79 Å². The first-order chi connectivity index (χ1) is 22.2. The van der Waals surface area contributed by atoms with E-state index in [1.165, 1.54) is 10.8 Å². The van der Waals surface area contributed by atoms with E-state index in [0.717, 1.165) is 6.42 Å². The predicted molar refractivity (Wildman–Crippen MR) is 174 cm³/mol. The lowest BCUT2D eigenvalue weighted by Gasteiger charge is -2.11. The lowest BCUT2D eigenvalue weighted by atomic mass is 10.3. The van der Waals surface area contributed by atoms with Crippen LogP contribution >= 0.6 is 22.5 Å². The standard InChI is InChI=1S/C29H59NO13S2/c1-2-28(45-44)27-43-26-25-42-24-23-41-22-21-40-20-19-39-18-17-38-16-15-37-14-13-36-12-11-35-10-9-34-8-7-33-6-5-32-4-3-29(30)31/h28,44H,2-27H2,1H3,(H2,30,31). The highest BCUT2D eigenvalue weighted by molar-refractivity contribution is 8.68. The number of ether oxygens (including phenoxy) is 12. The van der Waals surface area contributed by atoms with E-state index in [1.54, 1.807) is 0 Å². The van der Waals surface area contributed by atoms with E-state index in [9.17, 15) is 4.79 Å². The second-order valence-electron chi connectivity index (χ2n) is 9.16. The molecule has 0 radical (unpaired) electrons. The number of hydrogen-bond acceptors (Lipinski definition) is 15. The molecule has 0 aliphatic carbocycles. The monoisotopic (exact) mass is 693 g/mol. The number of primary amides is 1. The van der Waals surface area contributed by atoms with Crippen molar-refractivity contribution in [2.75, 3.05) is 159 Å². The van der Waals surface area contributed by atoms with Gasteiger partial charge in [-0.2, -0.15) is 0 Å². The van der Waals surface area contributed by atoms with Gasteiger partial charge in [0.2, 0.25) is 5.91 Å². The number of carbonyl (C=O) groups is 1. The van der Waals surface area contributed by atoms with Crippen molar-refractivity contribution in [2.45, 2.75) is 25.0 Å². The van der Waals surface area contributed by atoms with Gasteiger partial charge in [0, 0.05) is 11.7 Å². The first-order valence-electron chi connectivity index (χ1n) is 15.7. The van der Waals surface area contributed by atoms with Gasteiger partial charge in [0.05, 0.1) is 159 Å². The molecule has 1 unspecified atom stereocenters. The molecule has 1 atom stereocenters. The Balaban J connectivity index is 3.07. The van der Waals surface area contributed by atoms with Gasteiger partial charge >= 0.3 is 0 Å². The molecule has 0 aliphatic rings. The topological polar surface area (TPSA) is 154 Å². The minimum absolute atomic E-state index is 0.220.